The molecule has 106 valence electrons. The Morgan fingerprint density at radius 2 is 1.71 bits per heavy atom. The molecule has 1 nitrogen and oxygen atoms in total. The zero-order valence-electron chi connectivity index (χ0n) is 11.1. The average Bonchev–Trinajstić information content (AvgIpc) is 2.98. The summed E-state index contributed by atoms with van der Waals surface area (Å²) >= 11 is 8.85. The standard InChI is InChI=1S/C17H13Br2NS/c18-14-6-7-16(19)17(9-14)20-10-15-8-13(11-21-15)12-4-2-1-3-5-12/h1-9,11,20H,10H2. The minimum Gasteiger partial charge on any atom is -0.379 e. The number of nitrogens with one attached hydrogen (secondary N) is 1. The van der Waals surface area contributed by atoms with Gasteiger partial charge in [0, 0.05) is 26.1 Å². The molecule has 0 atom stereocenters. The number of hydrogen-bond acceptors (Lipinski definition) is 2. The van der Waals surface area contributed by atoms with Gasteiger partial charge in [-0.05, 0) is 56.7 Å². The van der Waals surface area contributed by atoms with Crippen molar-refractivity contribution in [3.05, 3.63) is 73.8 Å². The van der Waals surface area contributed by atoms with Crippen LogP contribution in [-0.4, -0.2) is 0 Å². The van der Waals surface area contributed by atoms with Crippen LogP contribution in [0.3, 0.4) is 0 Å². The maximum absolute atomic E-state index is 3.57. The molecule has 0 unspecified atom stereocenters. The van der Waals surface area contributed by atoms with Gasteiger partial charge in [0.2, 0.25) is 0 Å². The molecule has 0 bridgehead atoms. The van der Waals surface area contributed by atoms with E-state index in [2.05, 4.69) is 79.0 Å². The highest BCUT2D eigenvalue weighted by molar-refractivity contribution is 9.11. The molecule has 0 amide bonds. The second-order valence-corrected chi connectivity index (χ2v) is 7.41. The van der Waals surface area contributed by atoms with Gasteiger partial charge in [-0.15, -0.1) is 11.3 Å². The molecule has 0 fully saturated rings. The first-order valence-electron chi connectivity index (χ1n) is 6.54. The lowest BCUT2D eigenvalue weighted by Crippen LogP contribution is -1.98. The van der Waals surface area contributed by atoms with Crippen molar-refractivity contribution in [3.63, 3.8) is 0 Å². The highest BCUT2D eigenvalue weighted by Crippen LogP contribution is 2.29. The fourth-order valence-electron chi connectivity index (χ4n) is 2.07. The number of halogens is 2. The molecule has 2 aromatic carbocycles. The lowest BCUT2D eigenvalue weighted by Gasteiger charge is -2.07. The highest BCUT2D eigenvalue weighted by atomic mass is 79.9. The maximum atomic E-state index is 3.57. The predicted molar refractivity (Wildman–Crippen MR) is 98.9 cm³/mol. The van der Waals surface area contributed by atoms with Crippen LogP contribution in [0.25, 0.3) is 11.1 Å². The number of thiophene rings is 1. The van der Waals surface area contributed by atoms with E-state index in [4.69, 9.17) is 0 Å². The van der Waals surface area contributed by atoms with Crippen molar-refractivity contribution in [2.45, 2.75) is 6.54 Å². The first kappa shape index (κ1) is 14.8. The summed E-state index contributed by atoms with van der Waals surface area (Å²) in [5, 5.41) is 5.68. The molecule has 1 N–H and O–H groups in total. The fraction of sp³-hybridized carbons (Fsp3) is 0.0588. The monoisotopic (exact) mass is 421 g/mol. The van der Waals surface area contributed by atoms with Gasteiger partial charge in [0.05, 0.1) is 0 Å². The van der Waals surface area contributed by atoms with Crippen LogP contribution in [0, 0.1) is 0 Å². The van der Waals surface area contributed by atoms with E-state index in [1.165, 1.54) is 16.0 Å². The average molecular weight is 423 g/mol. The van der Waals surface area contributed by atoms with E-state index < -0.39 is 0 Å². The molecule has 3 rings (SSSR count). The minimum atomic E-state index is 0.826. The quantitative estimate of drug-likeness (QED) is 0.502. The summed E-state index contributed by atoms with van der Waals surface area (Å²) in [6, 6.07) is 18.9. The lowest BCUT2D eigenvalue weighted by atomic mass is 10.1. The van der Waals surface area contributed by atoms with E-state index in [0.29, 0.717) is 0 Å². The van der Waals surface area contributed by atoms with Crippen LogP contribution in [0.1, 0.15) is 4.88 Å². The molecule has 1 heterocycles. The Morgan fingerprint density at radius 3 is 2.52 bits per heavy atom. The van der Waals surface area contributed by atoms with Gasteiger partial charge in [0.15, 0.2) is 0 Å². The first-order chi connectivity index (χ1) is 10.2. The Labute approximate surface area is 145 Å². The molecule has 0 saturated heterocycles. The van der Waals surface area contributed by atoms with Crippen LogP contribution in [-0.2, 0) is 6.54 Å². The summed E-state index contributed by atoms with van der Waals surface area (Å²) in [6.07, 6.45) is 0. The summed E-state index contributed by atoms with van der Waals surface area (Å²) in [4.78, 5) is 1.32. The largest absolute Gasteiger partial charge is 0.379 e. The zero-order valence-corrected chi connectivity index (χ0v) is 15.1. The second-order valence-electron chi connectivity index (χ2n) is 4.65. The van der Waals surface area contributed by atoms with Crippen molar-refractivity contribution >= 4 is 48.9 Å². The van der Waals surface area contributed by atoms with E-state index in [1.807, 2.05) is 18.2 Å². The van der Waals surface area contributed by atoms with E-state index in [0.717, 1.165) is 21.2 Å². The smallest absolute Gasteiger partial charge is 0.0498 e. The summed E-state index contributed by atoms with van der Waals surface area (Å²) in [7, 11) is 0. The van der Waals surface area contributed by atoms with E-state index in [9.17, 15) is 0 Å². The van der Waals surface area contributed by atoms with Crippen molar-refractivity contribution < 1.29 is 0 Å². The van der Waals surface area contributed by atoms with Gasteiger partial charge in [0.1, 0.15) is 0 Å². The van der Waals surface area contributed by atoms with Gasteiger partial charge in [-0.2, -0.15) is 0 Å². The van der Waals surface area contributed by atoms with Gasteiger partial charge in [-0.3, -0.25) is 0 Å². The van der Waals surface area contributed by atoms with Crippen LogP contribution in [0.15, 0.2) is 68.9 Å². The van der Waals surface area contributed by atoms with Crippen molar-refractivity contribution in [1.29, 1.82) is 0 Å². The van der Waals surface area contributed by atoms with Crippen LogP contribution in [0.5, 0.6) is 0 Å². The van der Waals surface area contributed by atoms with Crippen molar-refractivity contribution in [2.24, 2.45) is 0 Å². The Balaban J connectivity index is 1.72. The Morgan fingerprint density at radius 1 is 0.905 bits per heavy atom. The van der Waals surface area contributed by atoms with Gasteiger partial charge >= 0.3 is 0 Å². The third-order valence-corrected chi connectivity index (χ3v) is 5.26. The maximum Gasteiger partial charge on any atom is 0.0498 e. The summed E-state index contributed by atoms with van der Waals surface area (Å²) < 4.78 is 2.15. The first-order valence-corrected chi connectivity index (χ1v) is 9.01. The molecular weight excluding hydrogens is 410 g/mol. The molecule has 3 aromatic rings. The molecule has 0 saturated carbocycles. The summed E-state index contributed by atoms with van der Waals surface area (Å²) in [6.45, 7) is 0.826. The molecule has 0 aliphatic carbocycles. The van der Waals surface area contributed by atoms with E-state index in [1.54, 1.807) is 11.3 Å². The molecule has 0 spiro atoms. The predicted octanol–water partition coefficient (Wildman–Crippen LogP) is 6.55. The normalized spacial score (nSPS) is 10.6. The van der Waals surface area contributed by atoms with Crippen molar-refractivity contribution in [3.8, 4) is 11.1 Å². The van der Waals surface area contributed by atoms with E-state index in [-0.39, 0.29) is 0 Å². The number of benzene rings is 2. The van der Waals surface area contributed by atoms with E-state index >= 15 is 0 Å². The van der Waals surface area contributed by atoms with Crippen LogP contribution >= 0.6 is 43.2 Å². The minimum absolute atomic E-state index is 0.826. The van der Waals surface area contributed by atoms with Gasteiger partial charge < -0.3 is 5.32 Å². The number of rotatable bonds is 4. The summed E-state index contributed by atoms with van der Waals surface area (Å²) in [5.74, 6) is 0. The van der Waals surface area contributed by atoms with Gasteiger partial charge in [0.25, 0.3) is 0 Å². The fourth-order valence-corrected chi connectivity index (χ4v) is 3.65. The highest BCUT2D eigenvalue weighted by Gasteiger charge is 2.04. The van der Waals surface area contributed by atoms with Gasteiger partial charge in [-0.1, -0.05) is 46.3 Å². The lowest BCUT2D eigenvalue weighted by molar-refractivity contribution is 1.19. The van der Waals surface area contributed by atoms with Crippen LogP contribution in [0.2, 0.25) is 0 Å². The number of anilines is 1. The summed E-state index contributed by atoms with van der Waals surface area (Å²) in [5.41, 5.74) is 3.65. The van der Waals surface area contributed by atoms with Crippen LogP contribution in [0.4, 0.5) is 5.69 Å². The molecule has 0 radical (unpaired) electrons. The van der Waals surface area contributed by atoms with Crippen molar-refractivity contribution in [2.75, 3.05) is 5.32 Å². The molecule has 0 aliphatic heterocycles. The molecule has 4 heteroatoms. The van der Waals surface area contributed by atoms with Gasteiger partial charge in [-0.25, -0.2) is 0 Å². The molecule has 21 heavy (non-hydrogen) atoms. The molecule has 0 aliphatic rings. The molecule has 1 aromatic heterocycles. The second kappa shape index (κ2) is 6.77. The zero-order chi connectivity index (χ0) is 14.7. The Hall–Kier alpha value is -1.10. The molecular formula is C17H13Br2NS. The SMILES string of the molecule is Brc1ccc(Br)c(NCc2cc(-c3ccccc3)cs2)c1. The third-order valence-electron chi connectivity index (χ3n) is 3.14. The topological polar surface area (TPSA) is 12.0 Å². The third kappa shape index (κ3) is 3.76. The Bertz CT molecular complexity index is 738. The number of hydrogen-bond donors (Lipinski definition) is 1. The Kier molecular flexibility index (Phi) is 4.78. The van der Waals surface area contributed by atoms with Crippen LogP contribution < -0.4 is 5.32 Å². The van der Waals surface area contributed by atoms with Crippen molar-refractivity contribution in [1.82, 2.24) is 0 Å².